The minimum atomic E-state index is -0.229. The Labute approximate surface area is 73.5 Å². The second kappa shape index (κ2) is 3.14. The molecular formula is C8H6N4O. The van der Waals surface area contributed by atoms with E-state index in [0.29, 0.717) is 11.4 Å². The lowest BCUT2D eigenvalue weighted by Gasteiger charge is -1.94. The van der Waals surface area contributed by atoms with Gasteiger partial charge >= 0.3 is 0 Å². The molecule has 2 heterocycles. The molecular weight excluding hydrogens is 168 g/mol. The summed E-state index contributed by atoms with van der Waals surface area (Å²) >= 11 is 0. The van der Waals surface area contributed by atoms with E-state index in [1.165, 1.54) is 6.07 Å². The van der Waals surface area contributed by atoms with Crippen LogP contribution in [0.15, 0.2) is 35.3 Å². The quantitative estimate of drug-likeness (QED) is 0.671. The molecule has 0 aliphatic rings. The molecule has 0 fully saturated rings. The Morgan fingerprint density at radius 3 is 2.69 bits per heavy atom. The Bertz CT molecular complexity index is 431. The van der Waals surface area contributed by atoms with Crippen LogP contribution in [0.5, 0.6) is 0 Å². The van der Waals surface area contributed by atoms with E-state index in [2.05, 4.69) is 20.4 Å². The number of hydrogen-bond donors (Lipinski definition) is 1. The SMILES string of the molecule is O=c1ccc(-c2cccnn2)n[nH]1. The molecule has 2 rings (SSSR count). The Morgan fingerprint density at radius 1 is 1.15 bits per heavy atom. The van der Waals surface area contributed by atoms with Gasteiger partial charge in [-0.2, -0.15) is 10.2 Å². The maximum Gasteiger partial charge on any atom is 0.264 e. The highest BCUT2D eigenvalue weighted by Crippen LogP contribution is 2.08. The summed E-state index contributed by atoms with van der Waals surface area (Å²) < 4.78 is 0. The molecule has 13 heavy (non-hydrogen) atoms. The molecule has 2 aromatic heterocycles. The number of aromatic nitrogens is 4. The highest BCUT2D eigenvalue weighted by molar-refractivity contribution is 5.51. The maximum atomic E-state index is 10.7. The van der Waals surface area contributed by atoms with Crippen LogP contribution >= 0.6 is 0 Å². The molecule has 0 saturated heterocycles. The third-order valence-corrected chi connectivity index (χ3v) is 1.51. The molecule has 0 atom stereocenters. The van der Waals surface area contributed by atoms with Crippen molar-refractivity contribution in [2.24, 2.45) is 0 Å². The molecule has 0 amide bonds. The Morgan fingerprint density at radius 2 is 2.08 bits per heavy atom. The first-order valence-corrected chi connectivity index (χ1v) is 3.70. The Hall–Kier alpha value is -2.04. The molecule has 64 valence electrons. The number of hydrogen-bond acceptors (Lipinski definition) is 4. The number of rotatable bonds is 1. The summed E-state index contributed by atoms with van der Waals surface area (Å²) in [5.41, 5.74) is 1.01. The molecule has 0 radical (unpaired) electrons. The first-order chi connectivity index (χ1) is 6.36. The van der Waals surface area contributed by atoms with Gasteiger partial charge in [0.15, 0.2) is 0 Å². The zero-order chi connectivity index (χ0) is 9.10. The van der Waals surface area contributed by atoms with E-state index in [-0.39, 0.29) is 5.56 Å². The summed E-state index contributed by atoms with van der Waals surface area (Å²) in [7, 11) is 0. The summed E-state index contributed by atoms with van der Waals surface area (Å²) in [5, 5.41) is 13.7. The number of aromatic amines is 1. The molecule has 0 aromatic carbocycles. The van der Waals surface area contributed by atoms with Crippen molar-refractivity contribution in [3.05, 3.63) is 40.8 Å². The van der Waals surface area contributed by atoms with Crippen molar-refractivity contribution in [1.82, 2.24) is 20.4 Å². The average molecular weight is 174 g/mol. The molecule has 5 nitrogen and oxygen atoms in total. The lowest BCUT2D eigenvalue weighted by atomic mass is 10.3. The highest BCUT2D eigenvalue weighted by atomic mass is 16.1. The van der Waals surface area contributed by atoms with Crippen molar-refractivity contribution in [3.8, 4) is 11.4 Å². The fourth-order valence-electron chi connectivity index (χ4n) is 0.925. The van der Waals surface area contributed by atoms with Crippen molar-refractivity contribution in [2.45, 2.75) is 0 Å². The lowest BCUT2D eigenvalue weighted by molar-refractivity contribution is 0.966. The zero-order valence-electron chi connectivity index (χ0n) is 6.64. The highest BCUT2D eigenvalue weighted by Gasteiger charge is 1.98. The third kappa shape index (κ3) is 1.58. The second-order valence-electron chi connectivity index (χ2n) is 2.42. The van der Waals surface area contributed by atoms with E-state index in [4.69, 9.17) is 0 Å². The Balaban J connectivity index is 2.48. The normalized spacial score (nSPS) is 9.85. The number of H-pyrrole nitrogens is 1. The van der Waals surface area contributed by atoms with Gasteiger partial charge in [0.05, 0.1) is 0 Å². The predicted molar refractivity (Wildman–Crippen MR) is 45.9 cm³/mol. The van der Waals surface area contributed by atoms with Crippen LogP contribution in [0.4, 0.5) is 0 Å². The summed E-state index contributed by atoms with van der Waals surface area (Å²) in [6.45, 7) is 0. The van der Waals surface area contributed by atoms with Crippen molar-refractivity contribution in [1.29, 1.82) is 0 Å². The average Bonchev–Trinajstić information content (AvgIpc) is 2.20. The molecule has 2 aromatic rings. The van der Waals surface area contributed by atoms with Crippen LogP contribution in [0.25, 0.3) is 11.4 Å². The van der Waals surface area contributed by atoms with Crippen molar-refractivity contribution >= 4 is 0 Å². The summed E-state index contributed by atoms with van der Waals surface area (Å²) in [4.78, 5) is 10.7. The van der Waals surface area contributed by atoms with Gasteiger partial charge in [0, 0.05) is 12.3 Å². The van der Waals surface area contributed by atoms with Gasteiger partial charge < -0.3 is 0 Å². The Kier molecular flexibility index (Phi) is 1.84. The maximum absolute atomic E-state index is 10.7. The largest absolute Gasteiger partial charge is 0.268 e. The van der Waals surface area contributed by atoms with E-state index >= 15 is 0 Å². The molecule has 0 aliphatic carbocycles. The van der Waals surface area contributed by atoms with Crippen LogP contribution < -0.4 is 5.56 Å². The van der Waals surface area contributed by atoms with Gasteiger partial charge in [-0.3, -0.25) is 4.79 Å². The van der Waals surface area contributed by atoms with Gasteiger partial charge in [-0.1, -0.05) is 0 Å². The molecule has 0 bridgehead atoms. The summed E-state index contributed by atoms with van der Waals surface area (Å²) in [5.74, 6) is 0. The summed E-state index contributed by atoms with van der Waals surface area (Å²) in [6, 6.07) is 6.53. The lowest BCUT2D eigenvalue weighted by Crippen LogP contribution is -2.06. The first-order valence-electron chi connectivity index (χ1n) is 3.70. The van der Waals surface area contributed by atoms with Crippen LogP contribution in [0, 0.1) is 0 Å². The van der Waals surface area contributed by atoms with E-state index in [1.807, 2.05) is 0 Å². The van der Waals surface area contributed by atoms with Crippen molar-refractivity contribution < 1.29 is 0 Å². The van der Waals surface area contributed by atoms with Gasteiger partial charge in [-0.15, -0.1) is 5.10 Å². The molecule has 1 N–H and O–H groups in total. The minimum absolute atomic E-state index is 0.229. The van der Waals surface area contributed by atoms with Gasteiger partial charge in [0.1, 0.15) is 11.4 Å². The van der Waals surface area contributed by atoms with E-state index in [0.717, 1.165) is 0 Å². The van der Waals surface area contributed by atoms with Gasteiger partial charge in [0.25, 0.3) is 5.56 Å². The topological polar surface area (TPSA) is 71.5 Å². The third-order valence-electron chi connectivity index (χ3n) is 1.51. The zero-order valence-corrected chi connectivity index (χ0v) is 6.64. The van der Waals surface area contributed by atoms with Gasteiger partial charge in [-0.25, -0.2) is 5.10 Å². The predicted octanol–water partition coefficient (Wildman–Crippen LogP) is 0.227. The van der Waals surface area contributed by atoms with Crippen LogP contribution in [0.2, 0.25) is 0 Å². The van der Waals surface area contributed by atoms with Crippen molar-refractivity contribution in [3.63, 3.8) is 0 Å². The minimum Gasteiger partial charge on any atom is -0.268 e. The number of nitrogens with zero attached hydrogens (tertiary/aromatic N) is 3. The van der Waals surface area contributed by atoms with Crippen LogP contribution in [-0.2, 0) is 0 Å². The van der Waals surface area contributed by atoms with Crippen LogP contribution in [-0.4, -0.2) is 20.4 Å². The van der Waals surface area contributed by atoms with Gasteiger partial charge in [0.2, 0.25) is 0 Å². The summed E-state index contributed by atoms with van der Waals surface area (Å²) in [6.07, 6.45) is 1.58. The smallest absolute Gasteiger partial charge is 0.264 e. The van der Waals surface area contributed by atoms with E-state index in [9.17, 15) is 4.79 Å². The molecule has 0 spiro atoms. The van der Waals surface area contributed by atoms with E-state index in [1.54, 1.807) is 24.4 Å². The van der Waals surface area contributed by atoms with Crippen LogP contribution in [0.3, 0.4) is 0 Å². The first kappa shape index (κ1) is 7.60. The monoisotopic (exact) mass is 174 g/mol. The molecule has 0 saturated carbocycles. The van der Waals surface area contributed by atoms with Crippen molar-refractivity contribution in [2.75, 3.05) is 0 Å². The van der Waals surface area contributed by atoms with E-state index < -0.39 is 0 Å². The fraction of sp³-hybridized carbons (Fsp3) is 0. The second-order valence-corrected chi connectivity index (χ2v) is 2.42. The standard InChI is InChI=1S/C8H6N4O/c13-8-4-3-7(11-12-8)6-2-1-5-9-10-6/h1-5H,(H,12,13). The molecule has 0 unspecified atom stereocenters. The molecule has 0 aliphatic heterocycles. The number of nitrogens with one attached hydrogen (secondary N) is 1. The van der Waals surface area contributed by atoms with Gasteiger partial charge in [-0.05, 0) is 18.2 Å². The fourth-order valence-corrected chi connectivity index (χ4v) is 0.925. The molecule has 5 heteroatoms. The van der Waals surface area contributed by atoms with Crippen LogP contribution in [0.1, 0.15) is 0 Å².